The molecule has 8 heteroatoms. The maximum absolute atomic E-state index is 13.1. The lowest BCUT2D eigenvalue weighted by molar-refractivity contribution is -0.396. The zero-order chi connectivity index (χ0) is 12.5. The number of rotatable bonds is 3. The molecular formula is C8H5FN2O5. The Morgan fingerprint density at radius 3 is 2.19 bits per heavy atom. The number of nitro groups is 2. The second-order valence-electron chi connectivity index (χ2n) is 2.86. The average molecular weight is 228 g/mol. The van der Waals surface area contributed by atoms with Crippen molar-refractivity contribution >= 4 is 17.2 Å². The molecule has 0 heterocycles. The molecule has 0 spiro atoms. The van der Waals surface area contributed by atoms with Crippen LogP contribution in [0, 0.1) is 26.0 Å². The summed E-state index contributed by atoms with van der Waals surface area (Å²) in [5.74, 6) is -2.21. The van der Waals surface area contributed by atoms with Crippen LogP contribution in [0.5, 0.6) is 0 Å². The molecule has 1 rings (SSSR count). The van der Waals surface area contributed by atoms with Gasteiger partial charge >= 0.3 is 5.69 Å². The maximum atomic E-state index is 13.1. The van der Waals surface area contributed by atoms with Crippen LogP contribution in [0.1, 0.15) is 17.3 Å². The number of Topliss-reactive ketones (excluding diaryl/α,β-unsaturated/α-hetero) is 1. The van der Waals surface area contributed by atoms with Gasteiger partial charge in [0.05, 0.1) is 9.85 Å². The predicted octanol–water partition coefficient (Wildman–Crippen LogP) is 1.84. The molecule has 0 aliphatic heterocycles. The number of benzene rings is 1. The van der Waals surface area contributed by atoms with Crippen LogP contribution in [-0.4, -0.2) is 15.6 Å². The van der Waals surface area contributed by atoms with Crippen LogP contribution in [-0.2, 0) is 0 Å². The van der Waals surface area contributed by atoms with Gasteiger partial charge in [0.1, 0.15) is 0 Å². The lowest BCUT2D eigenvalue weighted by atomic mass is 10.1. The monoisotopic (exact) mass is 228 g/mol. The highest BCUT2D eigenvalue weighted by atomic mass is 19.1. The summed E-state index contributed by atoms with van der Waals surface area (Å²) in [5, 5.41) is 21.0. The van der Waals surface area contributed by atoms with Crippen molar-refractivity contribution in [1.29, 1.82) is 0 Å². The summed E-state index contributed by atoms with van der Waals surface area (Å²) in [4.78, 5) is 30.0. The zero-order valence-corrected chi connectivity index (χ0v) is 7.97. The van der Waals surface area contributed by atoms with Crippen LogP contribution >= 0.6 is 0 Å². The van der Waals surface area contributed by atoms with E-state index in [1.165, 1.54) is 0 Å². The van der Waals surface area contributed by atoms with Crippen molar-refractivity contribution in [3.63, 3.8) is 0 Å². The number of nitro benzene ring substituents is 2. The van der Waals surface area contributed by atoms with E-state index in [1.54, 1.807) is 0 Å². The summed E-state index contributed by atoms with van der Waals surface area (Å²) in [7, 11) is 0. The fraction of sp³-hybridized carbons (Fsp3) is 0.125. The van der Waals surface area contributed by atoms with Crippen molar-refractivity contribution in [2.75, 3.05) is 0 Å². The maximum Gasteiger partial charge on any atom is 0.322 e. The molecule has 0 bridgehead atoms. The minimum absolute atomic E-state index is 0.586. The molecule has 0 unspecified atom stereocenters. The van der Waals surface area contributed by atoms with E-state index in [4.69, 9.17) is 0 Å². The zero-order valence-electron chi connectivity index (χ0n) is 7.97. The van der Waals surface area contributed by atoms with Crippen LogP contribution in [0.2, 0.25) is 0 Å². The summed E-state index contributed by atoms with van der Waals surface area (Å²) in [5.41, 5.74) is -2.77. The Hall–Kier alpha value is -2.38. The minimum atomic E-state index is -1.28. The molecule has 0 N–H and O–H groups in total. The molecule has 1 aromatic carbocycles. The summed E-state index contributed by atoms with van der Waals surface area (Å²) in [6.45, 7) is 0.898. The first kappa shape index (κ1) is 11.7. The van der Waals surface area contributed by atoms with Gasteiger partial charge in [-0.2, -0.15) is 4.39 Å². The van der Waals surface area contributed by atoms with Gasteiger partial charge in [-0.05, 0) is 13.0 Å². The molecule has 0 aliphatic rings. The van der Waals surface area contributed by atoms with E-state index in [0.29, 0.717) is 6.07 Å². The molecule has 0 aromatic heterocycles. The molecule has 16 heavy (non-hydrogen) atoms. The Morgan fingerprint density at radius 2 is 1.81 bits per heavy atom. The van der Waals surface area contributed by atoms with Gasteiger partial charge in [0.2, 0.25) is 5.82 Å². The van der Waals surface area contributed by atoms with E-state index < -0.39 is 38.4 Å². The molecular weight excluding hydrogens is 223 g/mol. The van der Waals surface area contributed by atoms with E-state index in [0.717, 1.165) is 13.0 Å². The van der Waals surface area contributed by atoms with Crippen LogP contribution in [0.15, 0.2) is 12.1 Å². The Labute approximate surface area is 87.8 Å². The topological polar surface area (TPSA) is 103 Å². The number of hydrogen-bond acceptors (Lipinski definition) is 5. The number of halogens is 1. The van der Waals surface area contributed by atoms with Crippen LogP contribution in [0.3, 0.4) is 0 Å². The largest absolute Gasteiger partial charge is 0.322 e. The van der Waals surface area contributed by atoms with Gasteiger partial charge in [-0.25, -0.2) is 0 Å². The molecule has 0 atom stereocenters. The highest BCUT2D eigenvalue weighted by molar-refractivity contribution is 6.02. The fourth-order valence-electron chi connectivity index (χ4n) is 1.23. The van der Waals surface area contributed by atoms with Gasteiger partial charge < -0.3 is 0 Å². The molecule has 0 saturated heterocycles. The van der Waals surface area contributed by atoms with E-state index in [9.17, 15) is 29.4 Å². The van der Waals surface area contributed by atoms with E-state index in [-0.39, 0.29) is 0 Å². The Kier molecular flexibility index (Phi) is 2.93. The van der Waals surface area contributed by atoms with Crippen LogP contribution in [0.25, 0.3) is 0 Å². The van der Waals surface area contributed by atoms with Crippen molar-refractivity contribution in [1.82, 2.24) is 0 Å². The number of carbonyl (C=O) groups is 1. The van der Waals surface area contributed by atoms with Gasteiger partial charge in [-0.1, -0.05) is 0 Å². The average Bonchev–Trinajstić information content (AvgIpc) is 2.15. The third-order valence-electron chi connectivity index (χ3n) is 1.84. The first-order valence-corrected chi connectivity index (χ1v) is 3.98. The van der Waals surface area contributed by atoms with Gasteiger partial charge in [0, 0.05) is 6.07 Å². The summed E-state index contributed by atoms with van der Waals surface area (Å²) in [6, 6.07) is 1.31. The van der Waals surface area contributed by atoms with Gasteiger partial charge in [0.15, 0.2) is 11.3 Å². The fourth-order valence-corrected chi connectivity index (χ4v) is 1.23. The minimum Gasteiger partial charge on any atom is -0.294 e. The molecule has 0 fully saturated rings. The lowest BCUT2D eigenvalue weighted by Gasteiger charge is -2.01. The number of nitrogens with zero attached hydrogens (tertiary/aromatic N) is 2. The van der Waals surface area contributed by atoms with E-state index >= 15 is 0 Å². The number of hydrogen-bond donors (Lipinski definition) is 0. The molecule has 84 valence electrons. The Bertz CT molecular complexity index is 499. The summed E-state index contributed by atoms with van der Waals surface area (Å²) < 4.78 is 13.1. The van der Waals surface area contributed by atoms with Crippen molar-refractivity contribution < 1.29 is 19.0 Å². The molecule has 0 amide bonds. The summed E-state index contributed by atoms with van der Waals surface area (Å²) >= 11 is 0. The normalized spacial score (nSPS) is 9.88. The van der Waals surface area contributed by atoms with Crippen molar-refractivity contribution in [3.8, 4) is 0 Å². The predicted molar refractivity (Wildman–Crippen MR) is 49.7 cm³/mol. The van der Waals surface area contributed by atoms with Crippen LogP contribution < -0.4 is 0 Å². The quantitative estimate of drug-likeness (QED) is 0.446. The first-order valence-electron chi connectivity index (χ1n) is 3.98. The smallest absolute Gasteiger partial charge is 0.294 e. The number of carbonyl (C=O) groups excluding carboxylic acids is 1. The number of ketones is 1. The van der Waals surface area contributed by atoms with E-state index in [1.807, 2.05) is 0 Å². The summed E-state index contributed by atoms with van der Waals surface area (Å²) in [6.07, 6.45) is 0. The van der Waals surface area contributed by atoms with Gasteiger partial charge in [-0.3, -0.25) is 25.0 Å². The van der Waals surface area contributed by atoms with Crippen molar-refractivity contribution in [2.24, 2.45) is 0 Å². The van der Waals surface area contributed by atoms with Crippen molar-refractivity contribution in [3.05, 3.63) is 43.7 Å². The van der Waals surface area contributed by atoms with Crippen molar-refractivity contribution in [2.45, 2.75) is 6.92 Å². The van der Waals surface area contributed by atoms with Crippen LogP contribution in [0.4, 0.5) is 15.8 Å². The molecule has 0 radical (unpaired) electrons. The van der Waals surface area contributed by atoms with Gasteiger partial charge in [0.25, 0.3) is 5.69 Å². The van der Waals surface area contributed by atoms with E-state index in [2.05, 4.69) is 0 Å². The first-order chi connectivity index (χ1) is 7.36. The second kappa shape index (κ2) is 4.01. The third-order valence-corrected chi connectivity index (χ3v) is 1.84. The third kappa shape index (κ3) is 1.85. The highest BCUT2D eigenvalue weighted by Crippen LogP contribution is 2.31. The van der Waals surface area contributed by atoms with Gasteiger partial charge in [-0.15, -0.1) is 0 Å². The lowest BCUT2D eigenvalue weighted by Crippen LogP contribution is -2.07. The Balaban J connectivity index is 3.70. The molecule has 7 nitrogen and oxygen atoms in total. The molecule has 1 aromatic rings. The highest BCUT2D eigenvalue weighted by Gasteiger charge is 2.32. The SMILES string of the molecule is CC(=O)c1c([N+](=O)[O-])ccc(F)c1[N+](=O)[O-]. The standard InChI is InChI=1S/C8H5FN2O5/c1-4(12)7-6(10(13)14)3-2-5(9)8(7)11(15)16/h2-3H,1H3. The Morgan fingerprint density at radius 1 is 1.25 bits per heavy atom. The molecule has 0 saturated carbocycles. The molecule has 0 aliphatic carbocycles. The second-order valence-corrected chi connectivity index (χ2v) is 2.86.